The van der Waals surface area contributed by atoms with Crippen LogP contribution in [0.1, 0.15) is 17.8 Å². The second-order valence-electron chi connectivity index (χ2n) is 3.19. The number of hydrogen-bond acceptors (Lipinski definition) is 7. The molecule has 0 fully saturated rings. The third-order valence-electron chi connectivity index (χ3n) is 1.90. The van der Waals surface area contributed by atoms with E-state index in [-0.39, 0.29) is 12.5 Å². The Bertz CT molecular complexity index is 292. The Morgan fingerprint density at radius 1 is 1.44 bits per heavy atom. The van der Waals surface area contributed by atoms with Gasteiger partial charge < -0.3 is 24.8 Å². The lowest BCUT2D eigenvalue weighted by molar-refractivity contribution is 0.0714. The standard InChI is InChI=1S/C9H17N3O4/c1-14-4-5-15-3-2-8-11-9(16-12-8)7(10)6-13/h7,13H,2-6,10H2,1H3/t7-/m1/s1. The summed E-state index contributed by atoms with van der Waals surface area (Å²) in [7, 11) is 1.62. The summed E-state index contributed by atoms with van der Waals surface area (Å²) in [5, 5.41) is 12.5. The van der Waals surface area contributed by atoms with Gasteiger partial charge in [0.1, 0.15) is 6.04 Å². The van der Waals surface area contributed by atoms with Crippen LogP contribution in [-0.4, -0.2) is 48.8 Å². The van der Waals surface area contributed by atoms with Crippen molar-refractivity contribution < 1.29 is 19.1 Å². The summed E-state index contributed by atoms with van der Waals surface area (Å²) in [6, 6.07) is -0.615. The SMILES string of the molecule is COCCOCCc1noc([C@H](N)CO)n1. The molecular formula is C9H17N3O4. The van der Waals surface area contributed by atoms with Gasteiger partial charge in [-0.25, -0.2) is 0 Å². The van der Waals surface area contributed by atoms with Crippen LogP contribution < -0.4 is 5.73 Å². The average molecular weight is 231 g/mol. The van der Waals surface area contributed by atoms with Gasteiger partial charge >= 0.3 is 0 Å². The lowest BCUT2D eigenvalue weighted by atomic mass is 10.3. The Morgan fingerprint density at radius 3 is 2.94 bits per heavy atom. The largest absolute Gasteiger partial charge is 0.394 e. The van der Waals surface area contributed by atoms with E-state index in [0.29, 0.717) is 32.1 Å². The predicted octanol–water partition coefficient (Wildman–Crippen LogP) is -0.733. The molecule has 0 aliphatic carbocycles. The van der Waals surface area contributed by atoms with Gasteiger partial charge in [-0.05, 0) is 0 Å². The summed E-state index contributed by atoms with van der Waals surface area (Å²) < 4.78 is 14.9. The molecule has 0 aliphatic rings. The van der Waals surface area contributed by atoms with Crippen LogP contribution in [0.4, 0.5) is 0 Å². The lowest BCUT2D eigenvalue weighted by Crippen LogP contribution is -2.14. The van der Waals surface area contributed by atoms with Crippen molar-refractivity contribution in [1.29, 1.82) is 0 Å². The smallest absolute Gasteiger partial charge is 0.245 e. The van der Waals surface area contributed by atoms with Gasteiger partial charge in [0, 0.05) is 13.5 Å². The van der Waals surface area contributed by atoms with Crippen LogP contribution in [-0.2, 0) is 15.9 Å². The van der Waals surface area contributed by atoms with Crippen molar-refractivity contribution in [2.75, 3.05) is 33.5 Å². The van der Waals surface area contributed by atoms with Crippen molar-refractivity contribution in [3.8, 4) is 0 Å². The van der Waals surface area contributed by atoms with Crippen LogP contribution in [0.15, 0.2) is 4.52 Å². The number of methoxy groups -OCH3 is 1. The molecule has 0 radical (unpaired) electrons. The summed E-state index contributed by atoms with van der Waals surface area (Å²) in [6.07, 6.45) is 0.547. The predicted molar refractivity (Wildman–Crippen MR) is 54.7 cm³/mol. The number of nitrogens with zero attached hydrogens (tertiary/aromatic N) is 2. The van der Waals surface area contributed by atoms with E-state index in [2.05, 4.69) is 10.1 Å². The van der Waals surface area contributed by atoms with Crippen LogP contribution in [0.5, 0.6) is 0 Å². The first kappa shape index (κ1) is 13.0. The summed E-state index contributed by atoms with van der Waals surface area (Å²) in [6.45, 7) is 1.38. The van der Waals surface area contributed by atoms with Gasteiger partial charge in [0.05, 0.1) is 26.4 Å². The van der Waals surface area contributed by atoms with Crippen LogP contribution in [0.2, 0.25) is 0 Å². The Balaban J connectivity index is 2.24. The molecule has 0 aromatic carbocycles. The Labute approximate surface area is 93.5 Å². The van der Waals surface area contributed by atoms with Crippen LogP contribution >= 0.6 is 0 Å². The third kappa shape index (κ3) is 4.23. The van der Waals surface area contributed by atoms with Crippen molar-refractivity contribution in [3.05, 3.63) is 11.7 Å². The molecule has 0 spiro atoms. The molecule has 0 unspecified atom stereocenters. The van der Waals surface area contributed by atoms with Crippen LogP contribution in [0.25, 0.3) is 0 Å². The zero-order valence-electron chi connectivity index (χ0n) is 9.26. The normalized spacial score (nSPS) is 12.9. The van der Waals surface area contributed by atoms with Gasteiger partial charge in [0.25, 0.3) is 0 Å². The van der Waals surface area contributed by atoms with E-state index in [1.54, 1.807) is 7.11 Å². The first-order valence-electron chi connectivity index (χ1n) is 5.03. The van der Waals surface area contributed by atoms with Gasteiger partial charge in [0.15, 0.2) is 5.82 Å². The zero-order valence-corrected chi connectivity index (χ0v) is 9.26. The maximum Gasteiger partial charge on any atom is 0.245 e. The Kier molecular flexibility index (Phi) is 5.94. The van der Waals surface area contributed by atoms with Gasteiger partial charge in [-0.3, -0.25) is 0 Å². The summed E-state index contributed by atoms with van der Waals surface area (Å²) >= 11 is 0. The molecule has 1 rings (SSSR count). The quantitative estimate of drug-likeness (QED) is 0.568. The molecule has 0 bridgehead atoms. The van der Waals surface area contributed by atoms with Crippen molar-refractivity contribution in [2.24, 2.45) is 5.73 Å². The highest BCUT2D eigenvalue weighted by atomic mass is 16.5. The molecule has 0 amide bonds. The van der Waals surface area contributed by atoms with E-state index in [9.17, 15) is 0 Å². The fourth-order valence-corrected chi connectivity index (χ4v) is 1.01. The van der Waals surface area contributed by atoms with Crippen molar-refractivity contribution in [1.82, 2.24) is 10.1 Å². The molecule has 0 aliphatic heterocycles. The second kappa shape index (κ2) is 7.29. The Morgan fingerprint density at radius 2 is 2.25 bits per heavy atom. The van der Waals surface area contributed by atoms with Crippen molar-refractivity contribution >= 4 is 0 Å². The van der Waals surface area contributed by atoms with E-state index in [1.165, 1.54) is 0 Å². The number of hydrogen-bond donors (Lipinski definition) is 2. The molecule has 1 heterocycles. The molecule has 16 heavy (non-hydrogen) atoms. The third-order valence-corrected chi connectivity index (χ3v) is 1.90. The number of rotatable bonds is 8. The van der Waals surface area contributed by atoms with Crippen LogP contribution in [0.3, 0.4) is 0 Å². The number of nitrogens with two attached hydrogens (primary N) is 1. The first-order chi connectivity index (χ1) is 7.77. The molecule has 1 aromatic heterocycles. The number of aromatic nitrogens is 2. The summed E-state index contributed by atoms with van der Waals surface area (Å²) in [5.41, 5.74) is 5.51. The number of aliphatic hydroxyl groups excluding tert-OH is 1. The van der Waals surface area contributed by atoms with E-state index in [0.717, 1.165) is 0 Å². The molecule has 7 heteroatoms. The lowest BCUT2D eigenvalue weighted by Gasteiger charge is -2.00. The van der Waals surface area contributed by atoms with Crippen molar-refractivity contribution in [3.63, 3.8) is 0 Å². The highest BCUT2D eigenvalue weighted by molar-refractivity contribution is 4.91. The molecule has 92 valence electrons. The molecular weight excluding hydrogens is 214 g/mol. The molecule has 1 aromatic rings. The molecule has 7 nitrogen and oxygen atoms in total. The first-order valence-corrected chi connectivity index (χ1v) is 5.03. The summed E-state index contributed by atoms with van der Waals surface area (Å²) in [4.78, 5) is 4.02. The molecule has 1 atom stereocenters. The highest BCUT2D eigenvalue weighted by Gasteiger charge is 2.13. The van der Waals surface area contributed by atoms with E-state index < -0.39 is 6.04 Å². The van der Waals surface area contributed by atoms with Crippen LogP contribution in [0, 0.1) is 0 Å². The maximum absolute atomic E-state index is 8.78. The van der Waals surface area contributed by atoms with Gasteiger partial charge in [-0.2, -0.15) is 4.98 Å². The van der Waals surface area contributed by atoms with Gasteiger partial charge in [-0.1, -0.05) is 5.16 Å². The van der Waals surface area contributed by atoms with E-state index >= 15 is 0 Å². The minimum atomic E-state index is -0.615. The van der Waals surface area contributed by atoms with E-state index in [1.807, 2.05) is 0 Å². The number of aliphatic hydroxyl groups is 1. The highest BCUT2D eigenvalue weighted by Crippen LogP contribution is 2.06. The zero-order chi connectivity index (χ0) is 11.8. The minimum Gasteiger partial charge on any atom is -0.394 e. The minimum absolute atomic E-state index is 0.216. The fraction of sp³-hybridized carbons (Fsp3) is 0.778. The second-order valence-corrected chi connectivity index (χ2v) is 3.19. The van der Waals surface area contributed by atoms with Crippen molar-refractivity contribution in [2.45, 2.75) is 12.5 Å². The fourth-order valence-electron chi connectivity index (χ4n) is 1.01. The van der Waals surface area contributed by atoms with Gasteiger partial charge in [0.2, 0.25) is 5.89 Å². The number of ether oxygens (including phenoxy) is 2. The topological polar surface area (TPSA) is 104 Å². The van der Waals surface area contributed by atoms with E-state index in [4.69, 9.17) is 24.8 Å². The molecule has 3 N–H and O–H groups in total. The monoisotopic (exact) mass is 231 g/mol. The summed E-state index contributed by atoms with van der Waals surface area (Å²) in [5.74, 6) is 0.769. The van der Waals surface area contributed by atoms with Gasteiger partial charge in [-0.15, -0.1) is 0 Å². The Hall–Kier alpha value is -1.02. The molecule has 0 saturated heterocycles. The average Bonchev–Trinajstić information content (AvgIpc) is 2.76. The molecule has 0 saturated carbocycles. The maximum atomic E-state index is 8.78.